The highest BCUT2D eigenvalue weighted by molar-refractivity contribution is 14.1. The fraction of sp³-hybridized carbons (Fsp3) is 0.286. The molecule has 0 bridgehead atoms. The second-order valence-corrected chi connectivity index (χ2v) is 12.4. The second kappa shape index (κ2) is 11.1. The van der Waals surface area contributed by atoms with Crippen LogP contribution >= 0.6 is 57.6 Å². The minimum atomic E-state index is -1.91. The Kier molecular flexibility index (Phi) is 8.48. The lowest BCUT2D eigenvalue weighted by Gasteiger charge is -2.21. The predicted molar refractivity (Wildman–Crippen MR) is 160 cm³/mol. The van der Waals surface area contributed by atoms with E-state index in [4.69, 9.17) is 23.2 Å². The average molecular weight is 671 g/mol. The zero-order chi connectivity index (χ0) is 27.0. The van der Waals surface area contributed by atoms with Crippen LogP contribution in [0.4, 0.5) is 10.1 Å². The molecule has 194 valence electrons. The number of benzene rings is 3. The molecule has 3 unspecified atom stereocenters. The van der Waals surface area contributed by atoms with Crippen molar-refractivity contribution in [3.8, 4) is 0 Å². The van der Waals surface area contributed by atoms with Gasteiger partial charge in [-0.3, -0.25) is 9.59 Å². The van der Waals surface area contributed by atoms with Crippen molar-refractivity contribution in [1.29, 1.82) is 0 Å². The van der Waals surface area contributed by atoms with Crippen LogP contribution in [0.25, 0.3) is 0 Å². The number of rotatable bonds is 8. The van der Waals surface area contributed by atoms with E-state index in [0.29, 0.717) is 19.8 Å². The number of hydrogen-bond acceptors (Lipinski definition) is 3. The maximum Gasteiger partial charge on any atom is 0.256 e. The molecular weight excluding hydrogens is 645 g/mol. The van der Waals surface area contributed by atoms with E-state index >= 15 is 4.39 Å². The molecule has 0 aromatic heterocycles. The van der Waals surface area contributed by atoms with E-state index in [2.05, 4.69) is 33.2 Å². The molecule has 4 rings (SSSR count). The van der Waals surface area contributed by atoms with Crippen molar-refractivity contribution in [3.63, 3.8) is 0 Å². The number of amides is 2. The summed E-state index contributed by atoms with van der Waals surface area (Å²) in [6, 6.07) is 17.6. The maximum atomic E-state index is 15.2. The monoisotopic (exact) mass is 670 g/mol. The highest BCUT2D eigenvalue weighted by Gasteiger charge is 2.70. The van der Waals surface area contributed by atoms with Gasteiger partial charge in [0.15, 0.2) is 5.13 Å². The Balaban J connectivity index is 1.60. The van der Waals surface area contributed by atoms with Gasteiger partial charge < -0.3 is 10.6 Å². The second-order valence-electron chi connectivity index (χ2n) is 9.27. The zero-order valence-corrected chi connectivity index (χ0v) is 25.0. The lowest BCUT2D eigenvalue weighted by Crippen LogP contribution is -2.36. The van der Waals surface area contributed by atoms with Crippen LogP contribution in [-0.4, -0.2) is 35.0 Å². The SMILES string of the molecule is CSCC(C)NC(=O)c1c(I)cccc1C(=O)Nc1ccc(C2(c3ccc(Cl)cc3)CC2(F)Cl)cc1C. The fourth-order valence-electron chi connectivity index (χ4n) is 4.61. The Morgan fingerprint density at radius 3 is 2.35 bits per heavy atom. The number of carbonyl (C=O) groups excluding carboxylic acids is 2. The molecule has 3 aromatic carbocycles. The minimum Gasteiger partial charge on any atom is -0.349 e. The first-order valence-electron chi connectivity index (χ1n) is 11.6. The molecule has 2 amide bonds. The van der Waals surface area contributed by atoms with E-state index in [9.17, 15) is 9.59 Å². The van der Waals surface area contributed by atoms with Crippen LogP contribution in [0.5, 0.6) is 0 Å². The van der Waals surface area contributed by atoms with E-state index < -0.39 is 16.5 Å². The number of carbonyl (C=O) groups is 2. The Hall–Kier alpha value is -1.81. The van der Waals surface area contributed by atoms with Crippen molar-refractivity contribution in [2.24, 2.45) is 0 Å². The number of anilines is 1. The van der Waals surface area contributed by atoms with Gasteiger partial charge in [-0.2, -0.15) is 11.8 Å². The Morgan fingerprint density at radius 1 is 1.11 bits per heavy atom. The number of nitrogens with one attached hydrogen (secondary N) is 2. The molecule has 0 radical (unpaired) electrons. The van der Waals surface area contributed by atoms with Crippen LogP contribution in [0.1, 0.15) is 50.8 Å². The maximum absolute atomic E-state index is 15.2. The average Bonchev–Trinajstić information content (AvgIpc) is 3.43. The minimum absolute atomic E-state index is 0.0378. The summed E-state index contributed by atoms with van der Waals surface area (Å²) in [4.78, 5) is 26.3. The van der Waals surface area contributed by atoms with Gasteiger partial charge in [0, 0.05) is 32.5 Å². The molecular formula is C28H26Cl2FIN2O2S. The molecule has 0 heterocycles. The van der Waals surface area contributed by atoms with Crippen LogP contribution in [0.2, 0.25) is 5.02 Å². The molecule has 3 atom stereocenters. The van der Waals surface area contributed by atoms with Crippen molar-refractivity contribution in [3.05, 3.63) is 97.1 Å². The van der Waals surface area contributed by atoms with Crippen molar-refractivity contribution < 1.29 is 14.0 Å². The Labute approximate surface area is 244 Å². The van der Waals surface area contributed by atoms with Gasteiger partial charge in [0.25, 0.3) is 11.8 Å². The molecule has 37 heavy (non-hydrogen) atoms. The van der Waals surface area contributed by atoms with Gasteiger partial charge in [-0.05, 0) is 89.7 Å². The Bertz CT molecular complexity index is 1350. The van der Waals surface area contributed by atoms with Crippen LogP contribution in [0.15, 0.2) is 60.7 Å². The van der Waals surface area contributed by atoms with E-state index in [-0.39, 0.29) is 23.9 Å². The molecule has 3 aromatic rings. The molecule has 2 N–H and O–H groups in total. The van der Waals surface area contributed by atoms with E-state index in [1.54, 1.807) is 66.4 Å². The first-order valence-corrected chi connectivity index (χ1v) is 14.9. The zero-order valence-electron chi connectivity index (χ0n) is 20.5. The number of aryl methyl sites for hydroxylation is 1. The highest BCUT2D eigenvalue weighted by atomic mass is 127. The molecule has 1 saturated carbocycles. The van der Waals surface area contributed by atoms with Crippen molar-refractivity contribution >= 4 is 75.1 Å². The van der Waals surface area contributed by atoms with Crippen LogP contribution in [0, 0.1) is 10.5 Å². The predicted octanol–water partition coefficient (Wildman–Crippen LogP) is 7.58. The lowest BCUT2D eigenvalue weighted by molar-refractivity contribution is 0.0930. The third-order valence-electron chi connectivity index (χ3n) is 6.57. The fourth-order valence-corrected chi connectivity index (χ4v) is 6.48. The first kappa shape index (κ1) is 28.2. The molecule has 9 heteroatoms. The third-order valence-corrected chi connectivity index (χ3v) is 9.01. The first-order chi connectivity index (χ1) is 17.5. The van der Waals surface area contributed by atoms with E-state index in [1.165, 1.54) is 0 Å². The van der Waals surface area contributed by atoms with Crippen molar-refractivity contribution in [2.75, 3.05) is 17.3 Å². The summed E-state index contributed by atoms with van der Waals surface area (Å²) < 4.78 is 15.9. The summed E-state index contributed by atoms with van der Waals surface area (Å²) in [6.07, 6.45) is 2.12. The van der Waals surface area contributed by atoms with Gasteiger partial charge in [0.05, 0.1) is 16.5 Å². The number of alkyl halides is 2. The van der Waals surface area contributed by atoms with E-state index in [0.717, 1.165) is 22.4 Å². The van der Waals surface area contributed by atoms with Gasteiger partial charge in [-0.15, -0.1) is 0 Å². The quantitative estimate of drug-likeness (QED) is 0.192. The topological polar surface area (TPSA) is 58.2 Å². The third kappa shape index (κ3) is 5.65. The summed E-state index contributed by atoms with van der Waals surface area (Å²) in [6.45, 7) is 3.77. The highest BCUT2D eigenvalue weighted by Crippen LogP contribution is 2.66. The standard InChI is InChI=1S/C28H26Cl2FIN2O2S/c1-16-13-19(27(15-28(27,30)31)18-7-10-20(29)11-8-18)9-12-23(16)34-25(35)21-5-4-6-22(32)24(21)26(36)33-17(2)14-37-3/h4-13,17H,14-15H2,1-3H3,(H,33,36)(H,34,35). The summed E-state index contributed by atoms with van der Waals surface area (Å²) in [5.41, 5.74) is 2.43. The van der Waals surface area contributed by atoms with Gasteiger partial charge in [-0.1, -0.05) is 53.5 Å². The smallest absolute Gasteiger partial charge is 0.256 e. The van der Waals surface area contributed by atoms with Crippen LogP contribution in [0.3, 0.4) is 0 Å². The molecule has 0 aliphatic heterocycles. The van der Waals surface area contributed by atoms with Crippen LogP contribution in [-0.2, 0) is 5.41 Å². The number of thioether (sulfide) groups is 1. The summed E-state index contributed by atoms with van der Waals surface area (Å²) in [7, 11) is 0. The summed E-state index contributed by atoms with van der Waals surface area (Å²) in [5, 5.41) is 4.55. The molecule has 0 saturated heterocycles. The largest absolute Gasteiger partial charge is 0.349 e. The van der Waals surface area contributed by atoms with Gasteiger partial charge >= 0.3 is 0 Å². The summed E-state index contributed by atoms with van der Waals surface area (Å²) in [5.74, 6) is 0.0826. The number of hydrogen-bond donors (Lipinski definition) is 2. The van der Waals surface area contributed by atoms with Crippen LogP contribution < -0.4 is 10.6 Å². The normalized spacial score (nSPS) is 21.3. The number of halogens is 4. The van der Waals surface area contributed by atoms with Crippen molar-refractivity contribution in [1.82, 2.24) is 5.32 Å². The molecule has 1 fully saturated rings. The van der Waals surface area contributed by atoms with Gasteiger partial charge in [0.1, 0.15) is 0 Å². The molecule has 0 spiro atoms. The Morgan fingerprint density at radius 2 is 1.76 bits per heavy atom. The molecule has 4 nitrogen and oxygen atoms in total. The van der Waals surface area contributed by atoms with Gasteiger partial charge in [0.2, 0.25) is 0 Å². The van der Waals surface area contributed by atoms with Crippen molar-refractivity contribution in [2.45, 2.75) is 36.9 Å². The lowest BCUT2D eigenvalue weighted by atomic mass is 9.86. The van der Waals surface area contributed by atoms with Gasteiger partial charge in [-0.25, -0.2) is 4.39 Å². The summed E-state index contributed by atoms with van der Waals surface area (Å²) >= 11 is 16.0. The molecule has 1 aliphatic rings. The van der Waals surface area contributed by atoms with E-state index in [1.807, 2.05) is 26.2 Å². The molecule has 1 aliphatic carbocycles.